The number of hydrogen-bond acceptors (Lipinski definition) is 3. The highest BCUT2D eigenvalue weighted by molar-refractivity contribution is 6.31. The molecule has 0 radical (unpaired) electrons. The zero-order valence-electron chi connectivity index (χ0n) is 18.8. The van der Waals surface area contributed by atoms with Crippen LogP contribution >= 0.6 is 11.6 Å². The molecule has 1 atom stereocenters. The molecular weight excluding hydrogens is 436 g/mol. The van der Waals surface area contributed by atoms with Gasteiger partial charge in [-0.15, -0.1) is 0 Å². The number of carbonyl (C=O) groups excluding carboxylic acids is 2. The minimum atomic E-state index is -0.422. The van der Waals surface area contributed by atoms with Crippen LogP contribution in [0.2, 0.25) is 5.02 Å². The van der Waals surface area contributed by atoms with Crippen molar-refractivity contribution in [1.29, 1.82) is 0 Å². The van der Waals surface area contributed by atoms with Crippen molar-refractivity contribution in [3.8, 4) is 5.75 Å². The molecule has 5 nitrogen and oxygen atoms in total. The summed E-state index contributed by atoms with van der Waals surface area (Å²) in [6, 6.07) is 19.8. The summed E-state index contributed by atoms with van der Waals surface area (Å²) >= 11 is 6.20. The molecule has 0 aliphatic carbocycles. The SMILES string of the molecule is COc1ccc(C[C@]2(CCC(=O)NCCc3ccccc3Cl)CCC(=O)N2)c2ccccc12. The van der Waals surface area contributed by atoms with Crippen LogP contribution in [0.25, 0.3) is 10.8 Å². The van der Waals surface area contributed by atoms with Gasteiger partial charge in [0.05, 0.1) is 7.11 Å². The lowest BCUT2D eigenvalue weighted by molar-refractivity contribution is -0.122. The number of nitrogens with one attached hydrogen (secondary N) is 2. The Bertz CT molecular complexity index is 1160. The van der Waals surface area contributed by atoms with Crippen molar-refractivity contribution in [3.63, 3.8) is 0 Å². The molecule has 3 aromatic rings. The second-order valence-corrected chi connectivity index (χ2v) is 9.08. The average molecular weight is 465 g/mol. The zero-order valence-corrected chi connectivity index (χ0v) is 19.6. The minimum absolute atomic E-state index is 0.0119. The summed E-state index contributed by atoms with van der Waals surface area (Å²) in [5, 5.41) is 9.06. The second-order valence-electron chi connectivity index (χ2n) is 8.67. The van der Waals surface area contributed by atoms with Crippen molar-refractivity contribution in [1.82, 2.24) is 10.6 Å². The lowest BCUT2D eigenvalue weighted by atomic mass is 9.83. The Kier molecular flexibility index (Phi) is 7.19. The van der Waals surface area contributed by atoms with Gasteiger partial charge in [-0.25, -0.2) is 0 Å². The van der Waals surface area contributed by atoms with E-state index in [4.69, 9.17) is 16.3 Å². The largest absolute Gasteiger partial charge is 0.496 e. The van der Waals surface area contributed by atoms with Crippen molar-refractivity contribution in [2.24, 2.45) is 0 Å². The predicted molar refractivity (Wildman–Crippen MR) is 132 cm³/mol. The molecule has 0 unspecified atom stereocenters. The summed E-state index contributed by atoms with van der Waals surface area (Å²) < 4.78 is 5.52. The molecule has 4 rings (SSSR count). The van der Waals surface area contributed by atoms with Gasteiger partial charge in [-0.2, -0.15) is 0 Å². The van der Waals surface area contributed by atoms with E-state index in [2.05, 4.69) is 22.8 Å². The monoisotopic (exact) mass is 464 g/mol. The van der Waals surface area contributed by atoms with Crippen LogP contribution in [0.4, 0.5) is 0 Å². The third-order valence-corrected chi connectivity index (χ3v) is 6.83. The van der Waals surface area contributed by atoms with Crippen molar-refractivity contribution in [3.05, 3.63) is 76.8 Å². The van der Waals surface area contributed by atoms with Crippen LogP contribution in [-0.2, 0) is 22.4 Å². The molecule has 1 fully saturated rings. The standard InChI is InChI=1S/C27H29ClN2O3/c1-33-24-11-10-20(21-7-3-4-8-22(21)24)18-27(16-13-26(32)30-27)15-12-25(31)29-17-14-19-6-2-5-9-23(19)28/h2-11H,12-18H2,1H3,(H,29,31)(H,30,32)/t27-/m0/s1. The number of ether oxygens (including phenoxy) is 1. The molecule has 1 aliphatic rings. The molecule has 6 heteroatoms. The Morgan fingerprint density at radius 1 is 1.06 bits per heavy atom. The molecule has 0 saturated carbocycles. The predicted octanol–water partition coefficient (Wildman–Crippen LogP) is 4.83. The Balaban J connectivity index is 1.42. The molecule has 0 bridgehead atoms. The number of rotatable bonds is 9. The van der Waals surface area contributed by atoms with Gasteiger partial charge in [0.2, 0.25) is 11.8 Å². The molecule has 1 heterocycles. The Morgan fingerprint density at radius 2 is 1.82 bits per heavy atom. The van der Waals surface area contributed by atoms with Gasteiger partial charge in [0, 0.05) is 35.3 Å². The summed E-state index contributed by atoms with van der Waals surface area (Å²) in [4.78, 5) is 24.7. The smallest absolute Gasteiger partial charge is 0.220 e. The number of methoxy groups -OCH3 is 1. The molecule has 1 saturated heterocycles. The van der Waals surface area contributed by atoms with E-state index in [-0.39, 0.29) is 11.8 Å². The maximum Gasteiger partial charge on any atom is 0.220 e. The van der Waals surface area contributed by atoms with Crippen LogP contribution in [-0.4, -0.2) is 31.0 Å². The van der Waals surface area contributed by atoms with Gasteiger partial charge in [-0.3, -0.25) is 9.59 Å². The highest BCUT2D eigenvalue weighted by Gasteiger charge is 2.38. The molecule has 3 aromatic carbocycles. The quantitative estimate of drug-likeness (QED) is 0.476. The highest BCUT2D eigenvalue weighted by atomic mass is 35.5. The van der Waals surface area contributed by atoms with Gasteiger partial charge >= 0.3 is 0 Å². The van der Waals surface area contributed by atoms with E-state index in [0.717, 1.165) is 34.1 Å². The van der Waals surface area contributed by atoms with Crippen molar-refractivity contribution < 1.29 is 14.3 Å². The van der Waals surface area contributed by atoms with E-state index in [1.165, 1.54) is 0 Å². The first-order chi connectivity index (χ1) is 16.0. The van der Waals surface area contributed by atoms with Crippen LogP contribution in [0.3, 0.4) is 0 Å². The molecular formula is C27H29ClN2O3. The fourth-order valence-electron chi connectivity index (χ4n) is 4.69. The van der Waals surface area contributed by atoms with Crippen molar-refractivity contribution >= 4 is 34.2 Å². The fourth-order valence-corrected chi connectivity index (χ4v) is 4.92. The topological polar surface area (TPSA) is 67.4 Å². The van der Waals surface area contributed by atoms with E-state index in [0.29, 0.717) is 43.7 Å². The average Bonchev–Trinajstić information content (AvgIpc) is 3.20. The lowest BCUT2D eigenvalue weighted by Gasteiger charge is -2.30. The zero-order chi connectivity index (χ0) is 23.3. The Morgan fingerprint density at radius 3 is 2.55 bits per heavy atom. The Hall–Kier alpha value is -3.05. The summed E-state index contributed by atoms with van der Waals surface area (Å²) in [6.45, 7) is 0.533. The summed E-state index contributed by atoms with van der Waals surface area (Å²) in [5.74, 6) is 0.867. The lowest BCUT2D eigenvalue weighted by Crippen LogP contribution is -2.44. The first-order valence-corrected chi connectivity index (χ1v) is 11.7. The third-order valence-electron chi connectivity index (χ3n) is 6.46. The van der Waals surface area contributed by atoms with Gasteiger partial charge in [-0.05, 0) is 54.3 Å². The molecule has 0 aromatic heterocycles. The maximum absolute atomic E-state index is 12.6. The van der Waals surface area contributed by atoms with Crippen LogP contribution in [0.5, 0.6) is 5.75 Å². The van der Waals surface area contributed by atoms with E-state index < -0.39 is 5.54 Å². The number of hydrogen-bond donors (Lipinski definition) is 2. The molecule has 2 amide bonds. The molecule has 33 heavy (non-hydrogen) atoms. The maximum atomic E-state index is 12.6. The van der Waals surface area contributed by atoms with Gasteiger partial charge in [-0.1, -0.05) is 60.1 Å². The molecule has 0 spiro atoms. The normalized spacial score (nSPS) is 17.7. The van der Waals surface area contributed by atoms with Gasteiger partial charge in [0.1, 0.15) is 5.75 Å². The Labute approximate surface area is 199 Å². The third kappa shape index (κ3) is 5.48. The van der Waals surface area contributed by atoms with E-state index in [1.54, 1.807) is 7.11 Å². The first kappa shape index (κ1) is 23.1. The van der Waals surface area contributed by atoms with E-state index in [9.17, 15) is 9.59 Å². The van der Waals surface area contributed by atoms with Crippen LogP contribution in [0.1, 0.15) is 36.8 Å². The van der Waals surface area contributed by atoms with Gasteiger partial charge in [0.25, 0.3) is 0 Å². The number of halogens is 1. The highest BCUT2D eigenvalue weighted by Crippen LogP contribution is 2.34. The van der Waals surface area contributed by atoms with E-state index >= 15 is 0 Å². The van der Waals surface area contributed by atoms with Crippen molar-refractivity contribution in [2.45, 2.75) is 44.1 Å². The molecule has 172 valence electrons. The molecule has 1 aliphatic heterocycles. The first-order valence-electron chi connectivity index (χ1n) is 11.4. The van der Waals surface area contributed by atoms with Gasteiger partial charge < -0.3 is 15.4 Å². The van der Waals surface area contributed by atoms with Crippen LogP contribution in [0.15, 0.2) is 60.7 Å². The van der Waals surface area contributed by atoms with Gasteiger partial charge in [0.15, 0.2) is 0 Å². The number of benzene rings is 3. The summed E-state index contributed by atoms with van der Waals surface area (Å²) in [6.07, 6.45) is 3.52. The van der Waals surface area contributed by atoms with Crippen LogP contribution in [0, 0.1) is 0 Å². The second kappa shape index (κ2) is 10.3. The molecule has 2 N–H and O–H groups in total. The summed E-state index contributed by atoms with van der Waals surface area (Å²) in [5.41, 5.74) is 1.74. The minimum Gasteiger partial charge on any atom is -0.496 e. The number of fused-ring (bicyclic) bond motifs is 1. The fraction of sp³-hybridized carbons (Fsp3) is 0.333. The van der Waals surface area contributed by atoms with E-state index in [1.807, 2.05) is 48.5 Å². The summed E-state index contributed by atoms with van der Waals surface area (Å²) in [7, 11) is 1.67. The number of amides is 2. The number of carbonyl (C=O) groups is 2. The van der Waals surface area contributed by atoms with Crippen molar-refractivity contribution in [2.75, 3.05) is 13.7 Å². The van der Waals surface area contributed by atoms with Crippen LogP contribution < -0.4 is 15.4 Å².